The average Bonchev–Trinajstić information content (AvgIpc) is 2.79. The zero-order valence-electron chi connectivity index (χ0n) is 8.92. The molecule has 2 aliphatic rings. The highest BCUT2D eigenvalue weighted by Gasteiger charge is 2.32. The van der Waals surface area contributed by atoms with Crippen molar-refractivity contribution in [2.45, 2.75) is 38.3 Å². The standard InChI is InChI=1S/C11H20ClNO/c1-9-10(7-12)4-5-13(9)8-11-3-2-6-14-11/h9-11H,2-8H2,1H3. The van der Waals surface area contributed by atoms with E-state index in [4.69, 9.17) is 16.3 Å². The van der Waals surface area contributed by atoms with Crippen LogP contribution in [0.25, 0.3) is 0 Å². The van der Waals surface area contributed by atoms with Gasteiger partial charge in [0.15, 0.2) is 0 Å². The lowest BCUT2D eigenvalue weighted by Gasteiger charge is -2.26. The van der Waals surface area contributed by atoms with E-state index < -0.39 is 0 Å². The van der Waals surface area contributed by atoms with E-state index in [1.807, 2.05) is 0 Å². The van der Waals surface area contributed by atoms with Crippen molar-refractivity contribution >= 4 is 11.6 Å². The van der Waals surface area contributed by atoms with Crippen LogP contribution in [-0.2, 0) is 4.74 Å². The first-order chi connectivity index (χ1) is 6.81. The number of halogens is 1. The summed E-state index contributed by atoms with van der Waals surface area (Å²) in [4.78, 5) is 2.54. The zero-order valence-corrected chi connectivity index (χ0v) is 9.67. The molecule has 3 heteroatoms. The van der Waals surface area contributed by atoms with Gasteiger partial charge in [-0.3, -0.25) is 4.90 Å². The van der Waals surface area contributed by atoms with E-state index in [2.05, 4.69) is 11.8 Å². The molecule has 0 spiro atoms. The van der Waals surface area contributed by atoms with Crippen LogP contribution < -0.4 is 0 Å². The summed E-state index contributed by atoms with van der Waals surface area (Å²) >= 11 is 5.93. The second-order valence-corrected chi connectivity index (χ2v) is 4.88. The molecular formula is C11H20ClNO. The highest BCUT2D eigenvalue weighted by Crippen LogP contribution is 2.26. The van der Waals surface area contributed by atoms with Gasteiger partial charge >= 0.3 is 0 Å². The minimum Gasteiger partial charge on any atom is -0.377 e. The molecule has 0 radical (unpaired) electrons. The first kappa shape index (κ1) is 10.7. The van der Waals surface area contributed by atoms with E-state index in [-0.39, 0.29) is 0 Å². The maximum Gasteiger partial charge on any atom is 0.0702 e. The quantitative estimate of drug-likeness (QED) is 0.672. The molecule has 0 aromatic heterocycles. The van der Waals surface area contributed by atoms with E-state index in [1.165, 1.54) is 25.8 Å². The third-order valence-corrected chi connectivity index (χ3v) is 4.10. The third-order valence-electron chi connectivity index (χ3n) is 3.71. The molecule has 0 aliphatic carbocycles. The Morgan fingerprint density at radius 3 is 2.86 bits per heavy atom. The van der Waals surface area contributed by atoms with Gasteiger partial charge in [-0.25, -0.2) is 0 Å². The number of hydrogen-bond acceptors (Lipinski definition) is 2. The van der Waals surface area contributed by atoms with E-state index in [0.717, 1.165) is 19.0 Å². The second kappa shape index (κ2) is 4.82. The Morgan fingerprint density at radius 1 is 1.43 bits per heavy atom. The molecule has 0 aromatic carbocycles. The largest absolute Gasteiger partial charge is 0.377 e. The smallest absolute Gasteiger partial charge is 0.0702 e. The Kier molecular flexibility index (Phi) is 3.69. The van der Waals surface area contributed by atoms with Gasteiger partial charge in [0.1, 0.15) is 0 Å². The van der Waals surface area contributed by atoms with E-state index in [0.29, 0.717) is 18.1 Å². The Morgan fingerprint density at radius 2 is 2.29 bits per heavy atom. The molecule has 14 heavy (non-hydrogen) atoms. The highest BCUT2D eigenvalue weighted by atomic mass is 35.5. The van der Waals surface area contributed by atoms with Crippen molar-refractivity contribution in [1.82, 2.24) is 4.90 Å². The minimum atomic E-state index is 0.492. The molecule has 3 atom stereocenters. The van der Waals surface area contributed by atoms with Crippen LogP contribution in [0.1, 0.15) is 26.2 Å². The maximum absolute atomic E-state index is 5.93. The summed E-state index contributed by atoms with van der Waals surface area (Å²) < 4.78 is 5.66. The summed E-state index contributed by atoms with van der Waals surface area (Å²) in [5.41, 5.74) is 0. The van der Waals surface area contributed by atoms with Crippen LogP contribution in [-0.4, -0.2) is 42.6 Å². The predicted octanol–water partition coefficient (Wildman–Crippen LogP) is 2.11. The first-order valence-corrected chi connectivity index (χ1v) is 6.26. The molecular weight excluding hydrogens is 198 g/mol. The van der Waals surface area contributed by atoms with Crippen LogP contribution in [0.2, 0.25) is 0 Å². The van der Waals surface area contributed by atoms with Gasteiger partial charge in [-0.2, -0.15) is 0 Å². The molecule has 0 N–H and O–H groups in total. The molecule has 82 valence electrons. The van der Waals surface area contributed by atoms with Crippen molar-refractivity contribution in [3.05, 3.63) is 0 Å². The minimum absolute atomic E-state index is 0.492. The third kappa shape index (κ3) is 2.23. The number of hydrogen-bond donors (Lipinski definition) is 0. The lowest BCUT2D eigenvalue weighted by Crippen LogP contribution is -2.36. The summed E-state index contributed by atoms with van der Waals surface area (Å²) in [5.74, 6) is 1.50. The fraction of sp³-hybridized carbons (Fsp3) is 1.00. The second-order valence-electron chi connectivity index (χ2n) is 4.57. The normalized spacial score (nSPS) is 39.4. The van der Waals surface area contributed by atoms with Gasteiger partial charge in [-0.1, -0.05) is 0 Å². The number of ether oxygens (including phenoxy) is 1. The average molecular weight is 218 g/mol. The molecule has 3 unspecified atom stereocenters. The van der Waals surface area contributed by atoms with Gasteiger partial charge in [0, 0.05) is 25.1 Å². The number of nitrogens with zero attached hydrogens (tertiary/aromatic N) is 1. The van der Waals surface area contributed by atoms with E-state index >= 15 is 0 Å². The molecule has 2 heterocycles. The van der Waals surface area contributed by atoms with E-state index in [1.54, 1.807) is 0 Å². The van der Waals surface area contributed by atoms with Gasteiger partial charge in [0.2, 0.25) is 0 Å². The maximum atomic E-state index is 5.93. The van der Waals surface area contributed by atoms with Crippen LogP contribution in [0.3, 0.4) is 0 Å². The van der Waals surface area contributed by atoms with Crippen LogP contribution in [0.4, 0.5) is 0 Å². The summed E-state index contributed by atoms with van der Waals surface area (Å²) in [7, 11) is 0. The Labute approximate surface area is 91.6 Å². The zero-order chi connectivity index (χ0) is 9.97. The highest BCUT2D eigenvalue weighted by molar-refractivity contribution is 6.18. The van der Waals surface area contributed by atoms with Gasteiger partial charge in [-0.15, -0.1) is 11.6 Å². The Hall–Kier alpha value is 0.210. The molecule has 0 amide bonds. The van der Waals surface area contributed by atoms with Gasteiger partial charge in [0.25, 0.3) is 0 Å². The molecule has 0 bridgehead atoms. The molecule has 2 nitrogen and oxygen atoms in total. The topological polar surface area (TPSA) is 12.5 Å². The molecule has 2 aliphatic heterocycles. The molecule has 2 saturated heterocycles. The lowest BCUT2D eigenvalue weighted by atomic mass is 10.0. The van der Waals surface area contributed by atoms with Gasteiger partial charge in [0.05, 0.1) is 6.10 Å². The van der Waals surface area contributed by atoms with Gasteiger partial charge < -0.3 is 4.74 Å². The lowest BCUT2D eigenvalue weighted by molar-refractivity contribution is 0.0688. The Bertz CT molecular complexity index is 182. The molecule has 0 aromatic rings. The predicted molar refractivity (Wildman–Crippen MR) is 58.8 cm³/mol. The fourth-order valence-electron chi connectivity index (χ4n) is 2.59. The Balaban J connectivity index is 1.80. The molecule has 2 rings (SSSR count). The van der Waals surface area contributed by atoms with E-state index in [9.17, 15) is 0 Å². The number of rotatable bonds is 3. The van der Waals surface area contributed by atoms with Crippen molar-refractivity contribution in [2.24, 2.45) is 5.92 Å². The first-order valence-electron chi connectivity index (χ1n) is 5.73. The summed E-state index contributed by atoms with van der Waals surface area (Å²) in [6.07, 6.45) is 4.24. The van der Waals surface area contributed by atoms with Crippen molar-refractivity contribution in [1.29, 1.82) is 0 Å². The van der Waals surface area contributed by atoms with Crippen molar-refractivity contribution in [3.63, 3.8) is 0 Å². The monoisotopic (exact) mass is 217 g/mol. The molecule has 2 fully saturated rings. The van der Waals surface area contributed by atoms with Crippen molar-refractivity contribution < 1.29 is 4.74 Å². The fourth-order valence-corrected chi connectivity index (χ4v) is 3.00. The van der Waals surface area contributed by atoms with Crippen LogP contribution in [0, 0.1) is 5.92 Å². The van der Waals surface area contributed by atoms with Crippen LogP contribution >= 0.6 is 11.6 Å². The van der Waals surface area contributed by atoms with Crippen LogP contribution in [0.5, 0.6) is 0 Å². The SMILES string of the molecule is CC1C(CCl)CCN1CC1CCCO1. The van der Waals surface area contributed by atoms with Crippen LogP contribution in [0.15, 0.2) is 0 Å². The summed E-state index contributed by atoms with van der Waals surface area (Å²) in [6, 6.07) is 0.650. The number of alkyl halides is 1. The van der Waals surface area contributed by atoms with Crippen molar-refractivity contribution in [3.8, 4) is 0 Å². The summed E-state index contributed by atoms with van der Waals surface area (Å²) in [6.45, 7) is 5.59. The van der Waals surface area contributed by atoms with Gasteiger partial charge in [-0.05, 0) is 38.6 Å². The number of likely N-dealkylation sites (tertiary alicyclic amines) is 1. The molecule has 0 saturated carbocycles. The summed E-state index contributed by atoms with van der Waals surface area (Å²) in [5, 5.41) is 0. The van der Waals surface area contributed by atoms with Crippen molar-refractivity contribution in [2.75, 3.05) is 25.6 Å².